The molecule has 5 rings (SSSR count). The Hall–Kier alpha value is -3.80. The number of para-hydroxylation sites is 3. The highest BCUT2D eigenvalue weighted by Gasteiger charge is 2.18. The molecule has 0 radical (unpaired) electrons. The number of rotatable bonds is 3. The summed E-state index contributed by atoms with van der Waals surface area (Å²) in [5.41, 5.74) is 4.26. The highest BCUT2D eigenvalue weighted by atomic mass is 16.5. The van der Waals surface area contributed by atoms with E-state index in [2.05, 4.69) is 0 Å². The van der Waals surface area contributed by atoms with Gasteiger partial charge in [0.2, 0.25) is 5.75 Å². The van der Waals surface area contributed by atoms with E-state index in [1.807, 2.05) is 52.9 Å². The fourth-order valence-electron chi connectivity index (χ4n) is 3.56. The predicted octanol–water partition coefficient (Wildman–Crippen LogP) is 4.43. The number of hydrogen-bond acceptors (Lipinski definition) is 5. The number of benzene rings is 3. The van der Waals surface area contributed by atoms with Gasteiger partial charge in [-0.2, -0.15) is 0 Å². The Morgan fingerprint density at radius 3 is 2.18 bits per heavy atom. The maximum absolute atomic E-state index is 10.3. The van der Waals surface area contributed by atoms with Gasteiger partial charge >= 0.3 is 0 Å². The van der Waals surface area contributed by atoms with Crippen molar-refractivity contribution in [1.29, 1.82) is 0 Å². The maximum atomic E-state index is 10.3. The number of aromatic hydroxyl groups is 1. The van der Waals surface area contributed by atoms with Gasteiger partial charge in [0.05, 0.1) is 30.8 Å². The van der Waals surface area contributed by atoms with E-state index < -0.39 is 0 Å². The molecule has 0 saturated carbocycles. The van der Waals surface area contributed by atoms with Crippen LogP contribution in [0, 0.1) is 0 Å². The topological polar surface area (TPSA) is 68.9 Å². The van der Waals surface area contributed by atoms with Gasteiger partial charge in [-0.25, -0.2) is 9.97 Å². The summed E-state index contributed by atoms with van der Waals surface area (Å²) in [6.45, 7) is 0. The highest BCUT2D eigenvalue weighted by molar-refractivity contribution is 5.98. The second kappa shape index (κ2) is 6.13. The van der Waals surface area contributed by atoms with Crippen LogP contribution in [0.5, 0.6) is 17.2 Å². The van der Waals surface area contributed by atoms with E-state index in [0.717, 1.165) is 33.1 Å². The maximum Gasteiger partial charge on any atom is 0.200 e. The fraction of sp³-hybridized carbons (Fsp3) is 0.0909. The summed E-state index contributed by atoms with van der Waals surface area (Å²) in [6, 6.07) is 19.4. The first-order valence-electron chi connectivity index (χ1n) is 8.82. The molecule has 2 heterocycles. The molecule has 0 atom stereocenters. The number of phenolic OH excluding ortho intramolecular Hbond substituents is 1. The molecule has 0 amide bonds. The Bertz CT molecular complexity index is 1330. The lowest BCUT2D eigenvalue weighted by Crippen LogP contribution is -1.99. The van der Waals surface area contributed by atoms with Gasteiger partial charge in [0.1, 0.15) is 11.5 Å². The molecule has 1 N–H and O–H groups in total. The number of ether oxygens (including phenoxy) is 2. The number of imidazole rings is 1. The van der Waals surface area contributed by atoms with Crippen LogP contribution in [-0.2, 0) is 0 Å². The summed E-state index contributed by atoms with van der Waals surface area (Å²) in [4.78, 5) is 9.75. The molecular weight excluding hydrogens is 354 g/mol. The number of hydrogen-bond donors (Lipinski definition) is 1. The van der Waals surface area contributed by atoms with E-state index in [0.29, 0.717) is 17.3 Å². The van der Waals surface area contributed by atoms with Gasteiger partial charge in [-0.15, -0.1) is 0 Å². The standard InChI is InChI=1S/C22H17N3O3/c1-27-18-11-13(12-19(28-2)20(18)26)21-23-15-8-4-3-7-14(15)22-24-16-9-5-6-10-17(16)25(21)22/h3-12,26H,1-2H3. The van der Waals surface area contributed by atoms with Gasteiger partial charge in [0.25, 0.3) is 0 Å². The molecule has 0 fully saturated rings. The zero-order chi connectivity index (χ0) is 19.3. The molecular formula is C22H17N3O3. The van der Waals surface area contributed by atoms with Crippen LogP contribution in [0.1, 0.15) is 0 Å². The van der Waals surface area contributed by atoms with Crippen LogP contribution < -0.4 is 9.47 Å². The number of fused-ring (bicyclic) bond motifs is 5. The summed E-state index contributed by atoms with van der Waals surface area (Å²) in [5.74, 6) is 1.30. The summed E-state index contributed by atoms with van der Waals surface area (Å²) in [6.07, 6.45) is 0. The molecule has 6 nitrogen and oxygen atoms in total. The minimum atomic E-state index is -0.0405. The molecule has 28 heavy (non-hydrogen) atoms. The quantitative estimate of drug-likeness (QED) is 0.508. The molecule has 0 bridgehead atoms. The van der Waals surface area contributed by atoms with Crippen LogP contribution in [0.3, 0.4) is 0 Å². The van der Waals surface area contributed by atoms with Crippen molar-refractivity contribution >= 4 is 27.6 Å². The average Bonchev–Trinajstić information content (AvgIpc) is 3.13. The van der Waals surface area contributed by atoms with Gasteiger partial charge in [-0.05, 0) is 36.4 Å². The van der Waals surface area contributed by atoms with Crippen molar-refractivity contribution in [3.05, 3.63) is 60.7 Å². The fourth-order valence-corrected chi connectivity index (χ4v) is 3.56. The SMILES string of the molecule is COc1cc(-c2nc3ccccc3c3nc4ccccc4n23)cc(OC)c1O. The van der Waals surface area contributed by atoms with E-state index in [9.17, 15) is 5.11 Å². The van der Waals surface area contributed by atoms with Crippen molar-refractivity contribution in [3.63, 3.8) is 0 Å². The first kappa shape index (κ1) is 16.4. The van der Waals surface area contributed by atoms with E-state index in [4.69, 9.17) is 19.4 Å². The lowest BCUT2D eigenvalue weighted by atomic mass is 10.1. The van der Waals surface area contributed by atoms with Crippen LogP contribution in [0.25, 0.3) is 39.0 Å². The minimum absolute atomic E-state index is 0.0405. The molecule has 0 aliphatic heterocycles. The third-order valence-electron chi connectivity index (χ3n) is 4.88. The highest BCUT2D eigenvalue weighted by Crippen LogP contribution is 2.41. The van der Waals surface area contributed by atoms with Crippen LogP contribution in [-0.4, -0.2) is 33.7 Å². The zero-order valence-corrected chi connectivity index (χ0v) is 15.4. The Kier molecular flexibility index (Phi) is 3.58. The summed E-state index contributed by atoms with van der Waals surface area (Å²) in [7, 11) is 3.02. The minimum Gasteiger partial charge on any atom is -0.502 e. The third-order valence-corrected chi connectivity index (χ3v) is 4.88. The molecule has 0 aliphatic carbocycles. The Morgan fingerprint density at radius 2 is 1.46 bits per heavy atom. The Labute approximate surface area is 160 Å². The van der Waals surface area contributed by atoms with E-state index in [1.165, 1.54) is 14.2 Å². The van der Waals surface area contributed by atoms with Gasteiger partial charge < -0.3 is 14.6 Å². The molecule has 5 aromatic rings. The van der Waals surface area contributed by atoms with Gasteiger partial charge in [-0.1, -0.05) is 24.3 Å². The van der Waals surface area contributed by atoms with Gasteiger partial charge in [0, 0.05) is 10.9 Å². The summed E-state index contributed by atoms with van der Waals surface area (Å²) >= 11 is 0. The summed E-state index contributed by atoms with van der Waals surface area (Å²) < 4.78 is 12.7. The van der Waals surface area contributed by atoms with E-state index >= 15 is 0 Å². The molecule has 0 aliphatic rings. The van der Waals surface area contributed by atoms with Crippen molar-refractivity contribution in [1.82, 2.24) is 14.4 Å². The van der Waals surface area contributed by atoms with Gasteiger partial charge in [-0.3, -0.25) is 4.40 Å². The van der Waals surface area contributed by atoms with Crippen LogP contribution in [0.2, 0.25) is 0 Å². The van der Waals surface area contributed by atoms with Crippen LogP contribution in [0.4, 0.5) is 0 Å². The number of phenols is 1. The Morgan fingerprint density at radius 1 is 0.821 bits per heavy atom. The van der Waals surface area contributed by atoms with Crippen molar-refractivity contribution in [2.75, 3.05) is 14.2 Å². The second-order valence-corrected chi connectivity index (χ2v) is 6.44. The zero-order valence-electron chi connectivity index (χ0n) is 15.4. The lowest BCUT2D eigenvalue weighted by molar-refractivity contribution is 0.340. The molecule has 2 aromatic heterocycles. The summed E-state index contributed by atoms with van der Waals surface area (Å²) in [5, 5.41) is 11.3. The van der Waals surface area contributed by atoms with E-state index in [-0.39, 0.29) is 5.75 Å². The first-order valence-corrected chi connectivity index (χ1v) is 8.82. The van der Waals surface area contributed by atoms with E-state index in [1.54, 1.807) is 12.1 Å². The largest absolute Gasteiger partial charge is 0.502 e. The lowest BCUT2D eigenvalue weighted by Gasteiger charge is -2.13. The van der Waals surface area contributed by atoms with Crippen LogP contribution in [0.15, 0.2) is 60.7 Å². The molecule has 6 heteroatoms. The monoisotopic (exact) mass is 371 g/mol. The van der Waals surface area contributed by atoms with Crippen molar-refractivity contribution in [3.8, 4) is 28.6 Å². The first-order chi connectivity index (χ1) is 13.7. The normalized spacial score (nSPS) is 11.4. The molecule has 3 aromatic carbocycles. The molecule has 0 unspecified atom stereocenters. The van der Waals surface area contributed by atoms with Crippen LogP contribution >= 0.6 is 0 Å². The smallest absolute Gasteiger partial charge is 0.200 e. The number of aromatic nitrogens is 3. The average molecular weight is 371 g/mol. The number of nitrogens with zero attached hydrogens (tertiary/aromatic N) is 3. The van der Waals surface area contributed by atoms with Crippen molar-refractivity contribution < 1.29 is 14.6 Å². The van der Waals surface area contributed by atoms with Gasteiger partial charge in [0.15, 0.2) is 11.5 Å². The molecule has 0 spiro atoms. The molecule has 138 valence electrons. The third kappa shape index (κ3) is 2.28. The number of methoxy groups -OCH3 is 2. The Balaban J connectivity index is 1.96. The predicted molar refractivity (Wildman–Crippen MR) is 108 cm³/mol. The van der Waals surface area contributed by atoms with Crippen molar-refractivity contribution in [2.45, 2.75) is 0 Å². The second-order valence-electron chi connectivity index (χ2n) is 6.44. The molecule has 0 saturated heterocycles. The van der Waals surface area contributed by atoms with Crippen molar-refractivity contribution in [2.24, 2.45) is 0 Å².